The van der Waals surface area contributed by atoms with Crippen molar-refractivity contribution >= 4 is 22.6 Å². The van der Waals surface area contributed by atoms with E-state index in [9.17, 15) is 9.90 Å². The van der Waals surface area contributed by atoms with Gasteiger partial charge in [0.1, 0.15) is 11.4 Å². The summed E-state index contributed by atoms with van der Waals surface area (Å²) < 4.78 is 16.5. The molecule has 2 aromatic rings. The molecule has 6 heteroatoms. The highest BCUT2D eigenvalue weighted by molar-refractivity contribution is 6.03. The Morgan fingerprint density at radius 3 is 2.52 bits per heavy atom. The van der Waals surface area contributed by atoms with Crippen molar-refractivity contribution in [2.24, 2.45) is 0 Å². The zero-order valence-electron chi connectivity index (χ0n) is 16.5. The molecular formula is C21H27NO5. The van der Waals surface area contributed by atoms with E-state index in [0.717, 1.165) is 27.6 Å². The Balaban J connectivity index is 2.21. The first-order valence-electron chi connectivity index (χ1n) is 9.06. The molecule has 0 aromatic heterocycles. The maximum atomic E-state index is 12.9. The summed E-state index contributed by atoms with van der Waals surface area (Å²) >= 11 is 0. The first kappa shape index (κ1) is 19.5. The van der Waals surface area contributed by atoms with E-state index in [1.54, 1.807) is 12.0 Å². The summed E-state index contributed by atoms with van der Waals surface area (Å²) in [7, 11) is 1.57. The number of carbonyl (C=O) groups excluding carboxylic acids is 1. The highest BCUT2D eigenvalue weighted by Gasteiger charge is 2.38. The van der Waals surface area contributed by atoms with Gasteiger partial charge in [-0.1, -0.05) is 24.3 Å². The smallest absolute Gasteiger partial charge is 0.414 e. The Bertz CT molecular complexity index is 856. The van der Waals surface area contributed by atoms with Crippen LogP contribution in [0.3, 0.4) is 0 Å². The summed E-state index contributed by atoms with van der Waals surface area (Å²) in [5.41, 5.74) is 1.95. The fourth-order valence-corrected chi connectivity index (χ4v) is 3.65. The van der Waals surface area contributed by atoms with Crippen LogP contribution in [-0.2, 0) is 9.47 Å². The summed E-state index contributed by atoms with van der Waals surface area (Å²) in [5.74, 6) is 0.506. The van der Waals surface area contributed by atoms with Gasteiger partial charge in [0.2, 0.25) is 0 Å². The second kappa shape index (κ2) is 7.37. The number of amides is 1. The van der Waals surface area contributed by atoms with E-state index in [-0.39, 0.29) is 19.3 Å². The predicted octanol–water partition coefficient (Wildman–Crippen LogP) is 3.96. The highest BCUT2D eigenvalue weighted by Crippen LogP contribution is 2.48. The molecule has 1 heterocycles. The molecule has 2 aromatic carbocycles. The molecule has 3 rings (SSSR count). The maximum absolute atomic E-state index is 12.9. The van der Waals surface area contributed by atoms with Gasteiger partial charge in [0.25, 0.3) is 0 Å². The Morgan fingerprint density at radius 2 is 1.93 bits per heavy atom. The number of carbonyl (C=O) groups is 1. The normalized spacial score (nSPS) is 16.5. The molecule has 1 amide bonds. The van der Waals surface area contributed by atoms with E-state index in [1.807, 2.05) is 52.0 Å². The van der Waals surface area contributed by atoms with E-state index in [0.29, 0.717) is 12.3 Å². The van der Waals surface area contributed by atoms with Crippen LogP contribution < -0.4 is 9.64 Å². The molecular weight excluding hydrogens is 346 g/mol. The molecule has 0 spiro atoms. The summed E-state index contributed by atoms with van der Waals surface area (Å²) in [6, 6.07) is 7.87. The number of hydrogen-bond acceptors (Lipinski definition) is 5. The van der Waals surface area contributed by atoms with Gasteiger partial charge in [-0.3, -0.25) is 4.90 Å². The van der Waals surface area contributed by atoms with Gasteiger partial charge in [0, 0.05) is 30.5 Å². The van der Waals surface area contributed by atoms with Crippen LogP contribution in [0.4, 0.5) is 10.5 Å². The molecule has 0 unspecified atom stereocenters. The van der Waals surface area contributed by atoms with Crippen LogP contribution in [0.1, 0.15) is 37.8 Å². The molecule has 27 heavy (non-hydrogen) atoms. The Labute approximate surface area is 159 Å². The molecule has 1 atom stereocenters. The average Bonchev–Trinajstić information content (AvgIpc) is 3.00. The van der Waals surface area contributed by atoms with Crippen LogP contribution in [0.2, 0.25) is 0 Å². The van der Waals surface area contributed by atoms with Crippen LogP contribution in [0.15, 0.2) is 24.3 Å². The van der Waals surface area contributed by atoms with Gasteiger partial charge in [-0.05, 0) is 38.6 Å². The summed E-state index contributed by atoms with van der Waals surface area (Å²) in [5, 5.41) is 11.9. The lowest BCUT2D eigenvalue weighted by Crippen LogP contribution is -2.36. The fourth-order valence-electron chi connectivity index (χ4n) is 3.65. The van der Waals surface area contributed by atoms with E-state index in [2.05, 4.69) is 0 Å². The highest BCUT2D eigenvalue weighted by atomic mass is 16.7. The molecule has 0 fully saturated rings. The Morgan fingerprint density at radius 1 is 1.26 bits per heavy atom. The van der Waals surface area contributed by atoms with Gasteiger partial charge in [0.15, 0.2) is 6.79 Å². The fraction of sp³-hybridized carbons (Fsp3) is 0.476. The molecule has 1 N–H and O–H groups in total. The van der Waals surface area contributed by atoms with Gasteiger partial charge in [-0.15, -0.1) is 0 Å². The molecule has 1 aliphatic rings. The third-order valence-electron chi connectivity index (χ3n) is 4.65. The van der Waals surface area contributed by atoms with E-state index < -0.39 is 11.7 Å². The largest absolute Gasteiger partial charge is 0.467 e. The maximum Gasteiger partial charge on any atom is 0.414 e. The van der Waals surface area contributed by atoms with Gasteiger partial charge < -0.3 is 19.3 Å². The van der Waals surface area contributed by atoms with Crippen molar-refractivity contribution in [3.63, 3.8) is 0 Å². The number of rotatable bonds is 4. The van der Waals surface area contributed by atoms with Gasteiger partial charge >= 0.3 is 6.09 Å². The van der Waals surface area contributed by atoms with Crippen LogP contribution in [0, 0.1) is 6.92 Å². The Kier molecular flexibility index (Phi) is 5.31. The second-order valence-electron chi connectivity index (χ2n) is 7.78. The van der Waals surface area contributed by atoms with Crippen LogP contribution >= 0.6 is 0 Å². The zero-order chi connectivity index (χ0) is 19.8. The number of hydrogen-bond donors (Lipinski definition) is 1. The number of methoxy groups -OCH3 is 1. The number of aliphatic hydroxyl groups is 1. The van der Waals surface area contributed by atoms with Crippen LogP contribution in [0.25, 0.3) is 10.8 Å². The second-order valence-corrected chi connectivity index (χ2v) is 7.78. The quantitative estimate of drug-likeness (QED) is 0.822. The molecule has 6 nitrogen and oxygen atoms in total. The molecule has 146 valence electrons. The molecule has 0 bridgehead atoms. The van der Waals surface area contributed by atoms with E-state index >= 15 is 0 Å². The third kappa shape index (κ3) is 3.59. The van der Waals surface area contributed by atoms with Gasteiger partial charge in [-0.25, -0.2) is 4.79 Å². The lowest BCUT2D eigenvalue weighted by Gasteiger charge is -2.26. The number of ether oxygens (including phenoxy) is 3. The molecule has 0 saturated heterocycles. The van der Waals surface area contributed by atoms with Crippen molar-refractivity contribution in [2.45, 2.75) is 39.2 Å². The minimum Gasteiger partial charge on any atom is -0.467 e. The lowest BCUT2D eigenvalue weighted by molar-refractivity contribution is 0.0517. The first-order valence-corrected chi connectivity index (χ1v) is 9.06. The summed E-state index contributed by atoms with van der Waals surface area (Å²) in [6.45, 7) is 7.88. The molecule has 0 aliphatic carbocycles. The lowest BCUT2D eigenvalue weighted by atomic mass is 9.92. The molecule has 0 radical (unpaired) electrons. The van der Waals surface area contributed by atoms with Crippen molar-refractivity contribution in [2.75, 3.05) is 32.0 Å². The average molecular weight is 373 g/mol. The van der Waals surface area contributed by atoms with E-state index in [1.165, 1.54) is 0 Å². The monoisotopic (exact) mass is 373 g/mol. The van der Waals surface area contributed by atoms with Crippen molar-refractivity contribution < 1.29 is 24.1 Å². The topological polar surface area (TPSA) is 68.2 Å². The molecule has 1 aliphatic heterocycles. The van der Waals surface area contributed by atoms with Crippen molar-refractivity contribution in [1.82, 2.24) is 0 Å². The summed E-state index contributed by atoms with van der Waals surface area (Å²) in [6.07, 6.45) is -0.421. The third-order valence-corrected chi connectivity index (χ3v) is 4.65. The number of nitrogens with zero attached hydrogens (tertiary/aromatic N) is 1. The number of aliphatic hydroxyl groups excluding tert-OH is 1. The summed E-state index contributed by atoms with van der Waals surface area (Å²) in [4.78, 5) is 14.5. The number of benzene rings is 2. The molecule has 0 saturated carbocycles. The van der Waals surface area contributed by atoms with Crippen molar-refractivity contribution in [3.8, 4) is 5.75 Å². The van der Waals surface area contributed by atoms with Gasteiger partial charge in [-0.2, -0.15) is 0 Å². The van der Waals surface area contributed by atoms with Crippen LogP contribution in [0.5, 0.6) is 5.75 Å². The van der Waals surface area contributed by atoms with Gasteiger partial charge in [0.05, 0.1) is 12.3 Å². The minimum atomic E-state index is -0.602. The zero-order valence-corrected chi connectivity index (χ0v) is 16.5. The van der Waals surface area contributed by atoms with Crippen LogP contribution in [-0.4, -0.2) is 43.9 Å². The minimum absolute atomic E-state index is 0.0476. The predicted molar refractivity (Wildman–Crippen MR) is 105 cm³/mol. The van der Waals surface area contributed by atoms with E-state index in [4.69, 9.17) is 14.2 Å². The first-order chi connectivity index (χ1) is 12.8. The Hall–Kier alpha value is -2.31. The SMILES string of the molecule is COCOc1c(C)c2c(c3ccccc13)[C@@H](CO)CN2C(=O)OC(C)(C)C. The number of anilines is 1. The van der Waals surface area contributed by atoms with Crippen molar-refractivity contribution in [1.29, 1.82) is 0 Å². The van der Waals surface area contributed by atoms with Crippen molar-refractivity contribution in [3.05, 3.63) is 35.4 Å². The number of fused-ring (bicyclic) bond motifs is 3. The standard InChI is InChI=1S/C21H27NO5/c1-13-18-17(14(11-23)10-22(18)20(24)27-21(2,3)4)15-8-6-7-9-16(15)19(13)26-12-25-5/h6-9,14,23H,10-12H2,1-5H3/t14-/m1/s1.